The Morgan fingerprint density at radius 3 is 3.10 bits per heavy atom. The van der Waals surface area contributed by atoms with Crippen LogP contribution in [0, 0.1) is 5.92 Å². The summed E-state index contributed by atoms with van der Waals surface area (Å²) in [7, 11) is 0. The number of nitrogens with two attached hydrogens (primary N) is 1. The minimum absolute atomic E-state index is 0.645. The van der Waals surface area contributed by atoms with Crippen LogP contribution in [0.25, 0.3) is 10.9 Å². The Morgan fingerprint density at radius 2 is 2.35 bits per heavy atom. The number of nitrogens with one attached hydrogen (secondary N) is 2. The maximum absolute atomic E-state index is 6.09. The second kappa shape index (κ2) is 5.32. The molecule has 0 radical (unpaired) electrons. The Balaban J connectivity index is 1.64. The molecule has 2 aromatic rings. The molecule has 1 aliphatic heterocycles. The van der Waals surface area contributed by atoms with Crippen LogP contribution in [0.3, 0.4) is 0 Å². The Morgan fingerprint density at radius 1 is 1.50 bits per heavy atom. The molecule has 1 aromatic heterocycles. The largest absolute Gasteiger partial charge is 0.397 e. The van der Waals surface area contributed by atoms with Crippen LogP contribution in [-0.2, 0) is 0 Å². The van der Waals surface area contributed by atoms with Gasteiger partial charge in [-0.15, -0.1) is 0 Å². The molecule has 1 atom stereocenters. The van der Waals surface area contributed by atoms with Crippen molar-refractivity contribution in [2.24, 2.45) is 5.92 Å². The molecular weight excluding hydrogens is 250 g/mol. The van der Waals surface area contributed by atoms with Gasteiger partial charge in [0.1, 0.15) is 0 Å². The first-order valence-corrected chi connectivity index (χ1v) is 7.34. The van der Waals surface area contributed by atoms with Crippen LogP contribution in [-0.4, -0.2) is 40.8 Å². The number of aromatic nitrogens is 2. The predicted molar refractivity (Wildman–Crippen MR) is 83.8 cm³/mol. The monoisotopic (exact) mass is 273 g/mol. The highest BCUT2D eigenvalue weighted by molar-refractivity contribution is 5.88. The van der Waals surface area contributed by atoms with E-state index in [4.69, 9.17) is 5.73 Å². The minimum Gasteiger partial charge on any atom is -0.397 e. The van der Waals surface area contributed by atoms with Gasteiger partial charge in [-0.3, -0.25) is 5.10 Å². The van der Waals surface area contributed by atoms with E-state index in [1.165, 1.54) is 19.5 Å². The molecule has 5 nitrogen and oxygen atoms in total. The van der Waals surface area contributed by atoms with Gasteiger partial charge in [0, 0.05) is 24.5 Å². The number of aromatic amines is 1. The standard InChI is InChI=1S/C15H23N5/c1-10(2)20-4-3-11(9-20)7-17-15-6-14-12(5-13(15)16)8-18-19-14/h5-6,8,10-11,17H,3-4,7,9,16H2,1-2H3,(H,18,19). The molecule has 1 aromatic carbocycles. The highest BCUT2D eigenvalue weighted by Crippen LogP contribution is 2.26. The molecular formula is C15H23N5. The topological polar surface area (TPSA) is 70.0 Å². The van der Waals surface area contributed by atoms with Gasteiger partial charge in [-0.1, -0.05) is 0 Å². The molecule has 0 spiro atoms. The number of nitrogen functional groups attached to an aromatic ring is 1. The fourth-order valence-corrected chi connectivity index (χ4v) is 2.91. The first-order chi connectivity index (χ1) is 9.63. The Bertz CT molecular complexity index is 589. The van der Waals surface area contributed by atoms with Crippen LogP contribution in [0.5, 0.6) is 0 Å². The lowest BCUT2D eigenvalue weighted by molar-refractivity contribution is 0.266. The summed E-state index contributed by atoms with van der Waals surface area (Å²) in [6.07, 6.45) is 3.06. The number of hydrogen-bond donors (Lipinski definition) is 3. The lowest BCUT2D eigenvalue weighted by Gasteiger charge is -2.20. The van der Waals surface area contributed by atoms with Crippen LogP contribution in [0.4, 0.5) is 11.4 Å². The number of fused-ring (bicyclic) bond motifs is 1. The van der Waals surface area contributed by atoms with E-state index >= 15 is 0 Å². The van der Waals surface area contributed by atoms with Crippen molar-refractivity contribution < 1.29 is 0 Å². The van der Waals surface area contributed by atoms with Gasteiger partial charge in [-0.05, 0) is 44.9 Å². The van der Waals surface area contributed by atoms with Crippen LogP contribution >= 0.6 is 0 Å². The normalized spacial score (nSPS) is 20.1. The summed E-state index contributed by atoms with van der Waals surface area (Å²) in [5.74, 6) is 0.703. The maximum Gasteiger partial charge on any atom is 0.0672 e. The molecule has 20 heavy (non-hydrogen) atoms. The summed E-state index contributed by atoms with van der Waals surface area (Å²) in [5.41, 5.74) is 8.91. The van der Waals surface area contributed by atoms with Gasteiger partial charge in [-0.25, -0.2) is 0 Å². The van der Waals surface area contributed by atoms with Crippen molar-refractivity contribution >= 4 is 22.3 Å². The van der Waals surface area contributed by atoms with Gasteiger partial charge in [0.15, 0.2) is 0 Å². The molecule has 1 fully saturated rings. The molecule has 5 heteroatoms. The maximum atomic E-state index is 6.09. The van der Waals surface area contributed by atoms with Crippen molar-refractivity contribution in [3.8, 4) is 0 Å². The van der Waals surface area contributed by atoms with E-state index in [0.29, 0.717) is 12.0 Å². The van der Waals surface area contributed by atoms with Gasteiger partial charge in [0.2, 0.25) is 0 Å². The van der Waals surface area contributed by atoms with Gasteiger partial charge < -0.3 is 16.0 Å². The number of anilines is 2. The average Bonchev–Trinajstić information content (AvgIpc) is 3.03. The minimum atomic E-state index is 0.645. The number of likely N-dealkylation sites (tertiary alicyclic amines) is 1. The van der Waals surface area contributed by atoms with Crippen LogP contribution in [0.2, 0.25) is 0 Å². The van der Waals surface area contributed by atoms with Crippen molar-refractivity contribution in [2.75, 3.05) is 30.7 Å². The molecule has 0 saturated carbocycles. The number of H-pyrrole nitrogens is 1. The van der Waals surface area contributed by atoms with Gasteiger partial charge in [-0.2, -0.15) is 5.10 Å². The Hall–Kier alpha value is -1.75. The summed E-state index contributed by atoms with van der Waals surface area (Å²) in [6, 6.07) is 4.66. The Kier molecular flexibility index (Phi) is 3.53. The molecule has 1 aliphatic rings. The number of rotatable bonds is 4. The highest BCUT2D eigenvalue weighted by Gasteiger charge is 2.23. The van der Waals surface area contributed by atoms with E-state index in [1.54, 1.807) is 6.20 Å². The molecule has 2 heterocycles. The van der Waals surface area contributed by atoms with Crippen LogP contribution < -0.4 is 11.1 Å². The quantitative estimate of drug-likeness (QED) is 0.748. The summed E-state index contributed by atoms with van der Waals surface area (Å²) < 4.78 is 0. The summed E-state index contributed by atoms with van der Waals surface area (Å²) in [4.78, 5) is 2.54. The van der Waals surface area contributed by atoms with Gasteiger partial charge >= 0.3 is 0 Å². The van der Waals surface area contributed by atoms with Crippen LogP contribution in [0.1, 0.15) is 20.3 Å². The van der Waals surface area contributed by atoms with Crippen molar-refractivity contribution in [1.29, 1.82) is 0 Å². The second-order valence-electron chi connectivity index (χ2n) is 6.02. The van der Waals surface area contributed by atoms with Crippen molar-refractivity contribution in [3.05, 3.63) is 18.3 Å². The zero-order valence-corrected chi connectivity index (χ0v) is 12.2. The van der Waals surface area contributed by atoms with Crippen molar-refractivity contribution in [2.45, 2.75) is 26.3 Å². The van der Waals surface area contributed by atoms with E-state index in [1.807, 2.05) is 12.1 Å². The Labute approximate surface area is 119 Å². The molecule has 1 unspecified atom stereocenters. The zero-order valence-electron chi connectivity index (χ0n) is 12.2. The number of hydrogen-bond acceptors (Lipinski definition) is 4. The lowest BCUT2D eigenvalue weighted by atomic mass is 10.1. The zero-order chi connectivity index (χ0) is 14.1. The summed E-state index contributed by atoms with van der Waals surface area (Å²) in [5, 5.41) is 11.6. The van der Waals surface area contributed by atoms with E-state index < -0.39 is 0 Å². The lowest BCUT2D eigenvalue weighted by Crippen LogP contribution is -2.29. The molecule has 108 valence electrons. The molecule has 1 saturated heterocycles. The highest BCUT2D eigenvalue weighted by atomic mass is 15.2. The second-order valence-corrected chi connectivity index (χ2v) is 6.02. The number of benzene rings is 1. The third-order valence-electron chi connectivity index (χ3n) is 4.24. The predicted octanol–water partition coefficient (Wildman–Crippen LogP) is 2.29. The van der Waals surface area contributed by atoms with E-state index in [-0.39, 0.29) is 0 Å². The fraction of sp³-hybridized carbons (Fsp3) is 0.533. The summed E-state index contributed by atoms with van der Waals surface area (Å²) >= 11 is 0. The third-order valence-corrected chi connectivity index (χ3v) is 4.24. The molecule has 4 N–H and O–H groups in total. The van der Waals surface area contributed by atoms with Crippen molar-refractivity contribution in [3.63, 3.8) is 0 Å². The van der Waals surface area contributed by atoms with Crippen LogP contribution in [0.15, 0.2) is 18.3 Å². The number of nitrogens with zero attached hydrogens (tertiary/aromatic N) is 2. The van der Waals surface area contributed by atoms with E-state index in [9.17, 15) is 0 Å². The first kappa shape index (κ1) is 13.2. The molecule has 0 aliphatic carbocycles. The average molecular weight is 273 g/mol. The van der Waals surface area contributed by atoms with E-state index in [2.05, 4.69) is 34.3 Å². The molecule has 3 rings (SSSR count). The molecule has 0 bridgehead atoms. The third kappa shape index (κ3) is 2.58. The smallest absolute Gasteiger partial charge is 0.0672 e. The van der Waals surface area contributed by atoms with Crippen molar-refractivity contribution in [1.82, 2.24) is 15.1 Å². The SMILES string of the molecule is CC(C)N1CCC(CNc2cc3[nH]ncc3cc2N)C1. The van der Waals surface area contributed by atoms with E-state index in [0.717, 1.165) is 28.8 Å². The van der Waals surface area contributed by atoms with Gasteiger partial charge in [0.05, 0.1) is 23.1 Å². The summed E-state index contributed by atoms with van der Waals surface area (Å²) in [6.45, 7) is 7.89. The fourth-order valence-electron chi connectivity index (χ4n) is 2.91. The molecule has 0 amide bonds. The first-order valence-electron chi connectivity index (χ1n) is 7.34. The van der Waals surface area contributed by atoms with Gasteiger partial charge in [0.25, 0.3) is 0 Å².